The molecule has 1 fully saturated rings. The number of rotatable bonds is 3. The van der Waals surface area contributed by atoms with Crippen molar-refractivity contribution in [2.24, 2.45) is 11.8 Å². The molecule has 0 bridgehead atoms. The van der Waals surface area contributed by atoms with Crippen molar-refractivity contribution in [2.75, 3.05) is 20.3 Å². The third-order valence-electron chi connectivity index (χ3n) is 2.70. The zero-order valence-electron chi connectivity index (χ0n) is 8.38. The van der Waals surface area contributed by atoms with Gasteiger partial charge in [0.1, 0.15) is 0 Å². The molecule has 72 valence electrons. The Morgan fingerprint density at radius 2 is 2.25 bits per heavy atom. The Morgan fingerprint density at radius 1 is 1.50 bits per heavy atom. The van der Waals surface area contributed by atoms with Crippen LogP contribution in [-0.4, -0.2) is 26.4 Å². The normalized spacial score (nSPS) is 31.0. The van der Waals surface area contributed by atoms with Gasteiger partial charge in [-0.15, -0.1) is 0 Å². The van der Waals surface area contributed by atoms with E-state index in [9.17, 15) is 0 Å². The van der Waals surface area contributed by atoms with Crippen molar-refractivity contribution in [3.63, 3.8) is 0 Å². The van der Waals surface area contributed by atoms with Crippen molar-refractivity contribution in [1.29, 1.82) is 0 Å². The summed E-state index contributed by atoms with van der Waals surface area (Å²) < 4.78 is 10.7. The van der Waals surface area contributed by atoms with Crippen LogP contribution in [0.25, 0.3) is 0 Å². The first kappa shape index (κ1) is 10.0. The molecule has 2 nitrogen and oxygen atoms in total. The molecule has 2 heteroatoms. The monoisotopic (exact) mass is 172 g/mol. The molecule has 1 rings (SSSR count). The highest BCUT2D eigenvalue weighted by molar-refractivity contribution is 4.73. The third kappa shape index (κ3) is 2.76. The van der Waals surface area contributed by atoms with Gasteiger partial charge in [0.2, 0.25) is 0 Å². The van der Waals surface area contributed by atoms with Crippen LogP contribution >= 0.6 is 0 Å². The molecule has 1 aliphatic rings. The lowest BCUT2D eigenvalue weighted by atomic mass is 9.86. The molecule has 0 spiro atoms. The van der Waals surface area contributed by atoms with Crippen LogP contribution in [0.1, 0.15) is 26.7 Å². The first-order valence-corrected chi connectivity index (χ1v) is 4.84. The lowest BCUT2D eigenvalue weighted by molar-refractivity contribution is -0.0545. The van der Waals surface area contributed by atoms with E-state index in [0.29, 0.717) is 6.10 Å². The van der Waals surface area contributed by atoms with E-state index in [1.165, 1.54) is 12.8 Å². The van der Waals surface area contributed by atoms with Gasteiger partial charge in [-0.3, -0.25) is 0 Å². The van der Waals surface area contributed by atoms with Gasteiger partial charge >= 0.3 is 0 Å². The minimum absolute atomic E-state index is 0.344. The maximum absolute atomic E-state index is 5.57. The molecule has 0 radical (unpaired) electrons. The zero-order chi connectivity index (χ0) is 8.97. The number of hydrogen-bond donors (Lipinski definition) is 0. The minimum Gasteiger partial charge on any atom is -0.382 e. The second kappa shape index (κ2) is 4.83. The number of methoxy groups -OCH3 is 1. The molecule has 0 unspecified atom stereocenters. The second-order valence-corrected chi connectivity index (χ2v) is 3.98. The predicted octanol–water partition coefficient (Wildman–Crippen LogP) is 2.08. The van der Waals surface area contributed by atoms with Gasteiger partial charge in [0.05, 0.1) is 12.7 Å². The molecule has 1 aliphatic heterocycles. The summed E-state index contributed by atoms with van der Waals surface area (Å²) in [4.78, 5) is 0. The van der Waals surface area contributed by atoms with E-state index < -0.39 is 0 Å². The van der Waals surface area contributed by atoms with Crippen molar-refractivity contribution in [3.05, 3.63) is 0 Å². The molecule has 0 aromatic carbocycles. The highest BCUT2D eigenvalue weighted by Gasteiger charge is 2.24. The van der Waals surface area contributed by atoms with E-state index in [-0.39, 0.29) is 0 Å². The van der Waals surface area contributed by atoms with Crippen LogP contribution < -0.4 is 0 Å². The summed E-state index contributed by atoms with van der Waals surface area (Å²) in [5.74, 6) is 1.62. The first-order chi connectivity index (χ1) is 5.74. The largest absolute Gasteiger partial charge is 0.382 e. The lowest BCUT2D eigenvalue weighted by Gasteiger charge is -2.31. The molecule has 0 aromatic rings. The number of ether oxygens (including phenoxy) is 2. The van der Waals surface area contributed by atoms with Crippen LogP contribution in [0.2, 0.25) is 0 Å². The van der Waals surface area contributed by atoms with Gasteiger partial charge in [0.15, 0.2) is 0 Å². The van der Waals surface area contributed by atoms with Gasteiger partial charge in [-0.2, -0.15) is 0 Å². The summed E-state index contributed by atoms with van der Waals surface area (Å²) in [5.41, 5.74) is 0. The lowest BCUT2D eigenvalue weighted by Crippen LogP contribution is -2.31. The molecule has 0 N–H and O–H groups in total. The highest BCUT2D eigenvalue weighted by atomic mass is 16.5. The van der Waals surface area contributed by atoms with Crippen LogP contribution in [0.15, 0.2) is 0 Å². The molecule has 0 aromatic heterocycles. The van der Waals surface area contributed by atoms with E-state index in [1.807, 2.05) is 0 Å². The standard InChI is InChI=1S/C10H20O2/c1-8(2)9-4-5-12-10(6-9)7-11-3/h8-10H,4-7H2,1-3H3/t9-,10-/m0/s1. The zero-order valence-corrected chi connectivity index (χ0v) is 8.38. The maximum Gasteiger partial charge on any atom is 0.0811 e. The highest BCUT2D eigenvalue weighted by Crippen LogP contribution is 2.26. The molecular formula is C10H20O2. The van der Waals surface area contributed by atoms with Crippen LogP contribution in [-0.2, 0) is 9.47 Å². The van der Waals surface area contributed by atoms with Gasteiger partial charge in [0, 0.05) is 13.7 Å². The smallest absolute Gasteiger partial charge is 0.0811 e. The average Bonchev–Trinajstić information content (AvgIpc) is 2.05. The molecule has 0 amide bonds. The van der Waals surface area contributed by atoms with Crippen molar-refractivity contribution in [3.8, 4) is 0 Å². The molecule has 2 atom stereocenters. The predicted molar refractivity (Wildman–Crippen MR) is 49.2 cm³/mol. The summed E-state index contributed by atoms with van der Waals surface area (Å²) in [6, 6.07) is 0. The molecule has 1 saturated heterocycles. The average molecular weight is 172 g/mol. The Hall–Kier alpha value is -0.0800. The molecule has 1 heterocycles. The van der Waals surface area contributed by atoms with Crippen molar-refractivity contribution in [1.82, 2.24) is 0 Å². The molecule has 12 heavy (non-hydrogen) atoms. The van der Waals surface area contributed by atoms with Crippen molar-refractivity contribution in [2.45, 2.75) is 32.8 Å². The third-order valence-corrected chi connectivity index (χ3v) is 2.70. The Balaban J connectivity index is 2.30. The first-order valence-electron chi connectivity index (χ1n) is 4.84. The Morgan fingerprint density at radius 3 is 2.83 bits per heavy atom. The summed E-state index contributed by atoms with van der Waals surface area (Å²) in [7, 11) is 1.74. The summed E-state index contributed by atoms with van der Waals surface area (Å²) in [6.45, 7) is 6.25. The Bertz CT molecular complexity index is 121. The minimum atomic E-state index is 0.344. The molecular weight excluding hydrogens is 152 g/mol. The van der Waals surface area contributed by atoms with Crippen LogP contribution in [0.3, 0.4) is 0 Å². The van der Waals surface area contributed by atoms with Gasteiger partial charge in [-0.25, -0.2) is 0 Å². The Kier molecular flexibility index (Phi) is 4.02. The van der Waals surface area contributed by atoms with Gasteiger partial charge < -0.3 is 9.47 Å². The SMILES string of the molecule is COC[C@@H]1C[C@@H](C(C)C)CCO1. The van der Waals surface area contributed by atoms with Crippen LogP contribution in [0.4, 0.5) is 0 Å². The van der Waals surface area contributed by atoms with Crippen molar-refractivity contribution >= 4 is 0 Å². The fourth-order valence-corrected chi connectivity index (χ4v) is 1.82. The van der Waals surface area contributed by atoms with Gasteiger partial charge in [-0.1, -0.05) is 13.8 Å². The van der Waals surface area contributed by atoms with Crippen molar-refractivity contribution < 1.29 is 9.47 Å². The van der Waals surface area contributed by atoms with E-state index in [1.54, 1.807) is 7.11 Å². The molecule has 0 saturated carbocycles. The van der Waals surface area contributed by atoms with E-state index in [0.717, 1.165) is 25.0 Å². The van der Waals surface area contributed by atoms with Gasteiger partial charge in [-0.05, 0) is 24.7 Å². The summed E-state index contributed by atoms with van der Waals surface area (Å²) in [6.07, 6.45) is 2.74. The van der Waals surface area contributed by atoms with E-state index >= 15 is 0 Å². The fraction of sp³-hybridized carbons (Fsp3) is 1.00. The van der Waals surface area contributed by atoms with Gasteiger partial charge in [0.25, 0.3) is 0 Å². The second-order valence-electron chi connectivity index (χ2n) is 3.98. The Labute approximate surface area is 75.2 Å². The van der Waals surface area contributed by atoms with Crippen LogP contribution in [0.5, 0.6) is 0 Å². The quantitative estimate of drug-likeness (QED) is 0.649. The summed E-state index contributed by atoms with van der Waals surface area (Å²) in [5, 5.41) is 0. The maximum atomic E-state index is 5.57. The number of hydrogen-bond acceptors (Lipinski definition) is 2. The fourth-order valence-electron chi connectivity index (χ4n) is 1.82. The topological polar surface area (TPSA) is 18.5 Å². The molecule has 0 aliphatic carbocycles. The summed E-state index contributed by atoms with van der Waals surface area (Å²) >= 11 is 0. The van der Waals surface area contributed by atoms with E-state index in [2.05, 4.69) is 13.8 Å². The van der Waals surface area contributed by atoms with E-state index in [4.69, 9.17) is 9.47 Å². The van der Waals surface area contributed by atoms with Crippen LogP contribution in [0, 0.1) is 11.8 Å².